The summed E-state index contributed by atoms with van der Waals surface area (Å²) in [5.74, 6) is 0.740. The average molecular weight is 285 g/mol. The molecule has 0 N–H and O–H groups in total. The molecule has 1 aliphatic heterocycles. The van der Waals surface area contributed by atoms with Crippen LogP contribution in [0.1, 0.15) is 33.3 Å². The van der Waals surface area contributed by atoms with Gasteiger partial charge in [-0.3, -0.25) is 0 Å². The van der Waals surface area contributed by atoms with Crippen LogP contribution < -0.4 is 5.46 Å². The lowest BCUT2D eigenvalue weighted by molar-refractivity contribution is 0.00578. The van der Waals surface area contributed by atoms with Gasteiger partial charge < -0.3 is 9.31 Å². The second-order valence-corrected chi connectivity index (χ2v) is 6.47. The summed E-state index contributed by atoms with van der Waals surface area (Å²) >= 11 is 0. The zero-order valence-corrected chi connectivity index (χ0v) is 13.1. The van der Waals surface area contributed by atoms with Crippen molar-refractivity contribution in [2.75, 3.05) is 0 Å². The summed E-state index contributed by atoms with van der Waals surface area (Å²) in [5.41, 5.74) is 1.23. The number of hydrogen-bond acceptors (Lipinski definition) is 4. The van der Waals surface area contributed by atoms with Crippen LogP contribution in [0, 0.1) is 6.92 Å². The zero-order chi connectivity index (χ0) is 15.3. The third-order valence-corrected chi connectivity index (χ3v) is 4.25. The highest BCUT2D eigenvalue weighted by Crippen LogP contribution is 2.36. The van der Waals surface area contributed by atoms with Gasteiger partial charge >= 0.3 is 7.12 Å². The van der Waals surface area contributed by atoms with E-state index in [9.17, 15) is 0 Å². The number of aryl methyl sites for hydroxylation is 1. The molecule has 2 aromatic rings. The lowest BCUT2D eigenvalue weighted by Gasteiger charge is -2.32. The van der Waals surface area contributed by atoms with Crippen LogP contribution in [0.4, 0.5) is 0 Å². The van der Waals surface area contributed by atoms with E-state index >= 15 is 0 Å². The van der Waals surface area contributed by atoms with Crippen molar-refractivity contribution in [1.29, 1.82) is 0 Å². The van der Waals surface area contributed by atoms with E-state index in [0.717, 1.165) is 16.8 Å². The highest BCUT2D eigenvalue weighted by atomic mass is 16.7. The Bertz CT molecular complexity index is 650. The SMILES string of the molecule is Cc1cnn(-c2ncccc2B2OC(C)(C)C(C)(C)O2)c1. The van der Waals surface area contributed by atoms with E-state index in [-0.39, 0.29) is 11.2 Å². The van der Waals surface area contributed by atoms with Gasteiger partial charge in [0.2, 0.25) is 0 Å². The van der Waals surface area contributed by atoms with Crippen LogP contribution >= 0.6 is 0 Å². The molecule has 5 nitrogen and oxygen atoms in total. The van der Waals surface area contributed by atoms with Crippen molar-refractivity contribution in [2.45, 2.75) is 45.8 Å². The highest BCUT2D eigenvalue weighted by Gasteiger charge is 2.52. The molecule has 0 aromatic carbocycles. The third kappa shape index (κ3) is 2.38. The number of aromatic nitrogens is 3. The van der Waals surface area contributed by atoms with E-state index in [1.807, 2.05) is 59.1 Å². The smallest absolute Gasteiger partial charge is 0.399 e. The van der Waals surface area contributed by atoms with Crippen LogP contribution in [-0.2, 0) is 9.31 Å². The minimum absolute atomic E-state index is 0.370. The predicted molar refractivity (Wildman–Crippen MR) is 81.8 cm³/mol. The highest BCUT2D eigenvalue weighted by molar-refractivity contribution is 6.63. The van der Waals surface area contributed by atoms with Gasteiger partial charge in [0, 0.05) is 17.9 Å². The fourth-order valence-electron chi connectivity index (χ4n) is 2.28. The average Bonchev–Trinajstić information content (AvgIpc) is 2.92. The molecule has 0 unspecified atom stereocenters. The maximum atomic E-state index is 6.12. The normalized spacial score (nSPS) is 20.0. The van der Waals surface area contributed by atoms with Crippen LogP contribution in [0.2, 0.25) is 0 Å². The van der Waals surface area contributed by atoms with Gasteiger partial charge in [0.1, 0.15) is 0 Å². The van der Waals surface area contributed by atoms with E-state index < -0.39 is 7.12 Å². The molecular weight excluding hydrogens is 265 g/mol. The summed E-state index contributed by atoms with van der Waals surface area (Å²) in [7, 11) is -0.441. The summed E-state index contributed by atoms with van der Waals surface area (Å²) < 4.78 is 14.0. The quantitative estimate of drug-likeness (QED) is 0.790. The van der Waals surface area contributed by atoms with Gasteiger partial charge in [0.25, 0.3) is 0 Å². The Morgan fingerprint density at radius 2 is 1.81 bits per heavy atom. The molecule has 0 amide bonds. The predicted octanol–water partition coefficient (Wildman–Crippen LogP) is 1.87. The van der Waals surface area contributed by atoms with Crippen LogP contribution in [0.25, 0.3) is 5.82 Å². The van der Waals surface area contributed by atoms with E-state index in [1.165, 1.54) is 0 Å². The van der Waals surface area contributed by atoms with Gasteiger partial charge in [-0.05, 0) is 46.2 Å². The molecule has 1 fully saturated rings. The fraction of sp³-hybridized carbons (Fsp3) is 0.467. The molecule has 1 saturated heterocycles. The van der Waals surface area contributed by atoms with Crippen molar-refractivity contribution in [3.05, 3.63) is 36.3 Å². The fourth-order valence-corrected chi connectivity index (χ4v) is 2.28. The van der Waals surface area contributed by atoms with Crippen molar-refractivity contribution >= 4 is 12.6 Å². The van der Waals surface area contributed by atoms with E-state index in [4.69, 9.17) is 9.31 Å². The Morgan fingerprint density at radius 1 is 1.14 bits per heavy atom. The Balaban J connectivity index is 2.01. The number of nitrogens with zero attached hydrogens (tertiary/aromatic N) is 3. The first-order chi connectivity index (χ1) is 9.80. The summed E-state index contributed by atoms with van der Waals surface area (Å²) in [5, 5.41) is 4.33. The van der Waals surface area contributed by atoms with Crippen molar-refractivity contribution in [2.24, 2.45) is 0 Å². The first-order valence-electron chi connectivity index (χ1n) is 7.12. The van der Waals surface area contributed by atoms with Crippen LogP contribution in [0.5, 0.6) is 0 Å². The lowest BCUT2D eigenvalue weighted by Crippen LogP contribution is -2.41. The van der Waals surface area contributed by atoms with Gasteiger partial charge in [0.05, 0.1) is 17.4 Å². The van der Waals surface area contributed by atoms with Gasteiger partial charge in [-0.2, -0.15) is 5.10 Å². The molecule has 0 saturated carbocycles. The Kier molecular flexibility index (Phi) is 3.18. The molecule has 1 aliphatic rings. The molecule has 0 atom stereocenters. The van der Waals surface area contributed by atoms with Crippen molar-refractivity contribution in [3.8, 4) is 5.82 Å². The van der Waals surface area contributed by atoms with E-state index in [0.29, 0.717) is 0 Å². The van der Waals surface area contributed by atoms with Gasteiger partial charge in [-0.25, -0.2) is 9.67 Å². The minimum Gasteiger partial charge on any atom is -0.399 e. The van der Waals surface area contributed by atoms with Gasteiger partial charge in [-0.1, -0.05) is 6.07 Å². The van der Waals surface area contributed by atoms with Crippen molar-refractivity contribution in [3.63, 3.8) is 0 Å². The Morgan fingerprint density at radius 3 is 2.38 bits per heavy atom. The summed E-state index contributed by atoms with van der Waals surface area (Å²) in [6.45, 7) is 10.2. The minimum atomic E-state index is -0.441. The van der Waals surface area contributed by atoms with Crippen molar-refractivity contribution in [1.82, 2.24) is 14.8 Å². The molecule has 110 valence electrons. The van der Waals surface area contributed by atoms with Gasteiger partial charge in [0.15, 0.2) is 5.82 Å². The number of pyridine rings is 1. The molecule has 3 rings (SSSR count). The standard InChI is InChI=1S/C15H20BN3O2/c1-11-9-18-19(10-11)13-12(7-6-8-17-13)16-20-14(2,3)15(4,5)21-16/h6-10H,1-5H3. The summed E-state index contributed by atoms with van der Waals surface area (Å²) in [6.07, 6.45) is 5.50. The molecule has 0 bridgehead atoms. The number of hydrogen-bond donors (Lipinski definition) is 0. The topological polar surface area (TPSA) is 49.2 Å². The maximum Gasteiger partial charge on any atom is 0.498 e. The first-order valence-corrected chi connectivity index (χ1v) is 7.12. The second kappa shape index (κ2) is 4.68. The lowest BCUT2D eigenvalue weighted by atomic mass is 9.79. The molecule has 0 spiro atoms. The first kappa shape index (κ1) is 14.3. The second-order valence-electron chi connectivity index (χ2n) is 6.47. The summed E-state index contributed by atoms with van der Waals surface area (Å²) in [4.78, 5) is 4.44. The van der Waals surface area contributed by atoms with Crippen LogP contribution in [0.15, 0.2) is 30.7 Å². The molecule has 2 aromatic heterocycles. The van der Waals surface area contributed by atoms with Crippen LogP contribution in [0.3, 0.4) is 0 Å². The third-order valence-electron chi connectivity index (χ3n) is 4.25. The Hall–Kier alpha value is -1.66. The molecule has 0 aliphatic carbocycles. The van der Waals surface area contributed by atoms with Crippen LogP contribution in [-0.4, -0.2) is 33.1 Å². The van der Waals surface area contributed by atoms with E-state index in [1.54, 1.807) is 10.9 Å². The monoisotopic (exact) mass is 285 g/mol. The molecular formula is C15H20BN3O2. The summed E-state index contributed by atoms with van der Waals surface area (Å²) in [6, 6.07) is 3.86. The van der Waals surface area contributed by atoms with Gasteiger partial charge in [-0.15, -0.1) is 0 Å². The molecule has 21 heavy (non-hydrogen) atoms. The Labute approximate surface area is 125 Å². The number of rotatable bonds is 2. The maximum absolute atomic E-state index is 6.12. The zero-order valence-electron chi connectivity index (χ0n) is 13.1. The largest absolute Gasteiger partial charge is 0.498 e. The molecule has 6 heteroatoms. The molecule has 3 heterocycles. The van der Waals surface area contributed by atoms with E-state index in [2.05, 4.69) is 10.1 Å². The molecule has 0 radical (unpaired) electrons. The van der Waals surface area contributed by atoms with Crippen molar-refractivity contribution < 1.29 is 9.31 Å².